The summed E-state index contributed by atoms with van der Waals surface area (Å²) in [6, 6.07) is -1.55. The molecule has 4 N–H and O–H groups in total. The second kappa shape index (κ2) is 10.3. The normalized spacial score (nSPS) is 36.1. The Morgan fingerprint density at radius 3 is 2.29 bits per heavy atom. The molecule has 1 rings (SSSR count). The van der Waals surface area contributed by atoms with Gasteiger partial charge in [0.2, 0.25) is 0 Å². The summed E-state index contributed by atoms with van der Waals surface area (Å²) >= 11 is 0. The van der Waals surface area contributed by atoms with E-state index in [-0.39, 0.29) is 59.1 Å². The number of ether oxygens (including phenoxy) is 1. The summed E-state index contributed by atoms with van der Waals surface area (Å²) in [5.41, 5.74) is 0. The van der Waals surface area contributed by atoms with E-state index in [9.17, 15) is 24.8 Å². The van der Waals surface area contributed by atoms with Crippen LogP contribution in [0.15, 0.2) is 4.99 Å². The first-order valence-electron chi connectivity index (χ1n) is 5.21. The molecule has 1 aliphatic rings. The predicted octanol–water partition coefficient (Wildman–Crippen LogP) is -9.94. The van der Waals surface area contributed by atoms with Gasteiger partial charge in [-0.1, -0.05) is 0 Å². The quantitative estimate of drug-likeness (QED) is 0.167. The number of aliphatic hydroxyl groups is 3. The van der Waals surface area contributed by atoms with Crippen molar-refractivity contribution in [3.8, 4) is 0 Å². The fourth-order valence-corrected chi connectivity index (χ4v) is 2.07. The molecule has 1 fully saturated rings. The van der Waals surface area contributed by atoms with Crippen molar-refractivity contribution in [1.29, 1.82) is 0 Å². The summed E-state index contributed by atoms with van der Waals surface area (Å²) in [6.45, 7) is 0.295. The molecule has 0 aromatic rings. The van der Waals surface area contributed by atoms with Gasteiger partial charge in [0.1, 0.15) is 24.4 Å². The summed E-state index contributed by atoms with van der Waals surface area (Å²) in [6.07, 6.45) is -6.47. The maximum atomic E-state index is 10.9. The Bertz CT molecular complexity index is 388. The second-order valence-corrected chi connectivity index (χ2v) is 5.07. The minimum Gasteiger partial charge on any atom is -0.862 e. The molecule has 0 aromatic carbocycles. The molecule has 0 aromatic heterocycles. The van der Waals surface area contributed by atoms with Crippen LogP contribution in [0.3, 0.4) is 0 Å². The Hall–Kier alpha value is 1.42. The van der Waals surface area contributed by atoms with E-state index in [0.717, 1.165) is 6.92 Å². The Morgan fingerprint density at radius 1 is 1.38 bits per heavy atom. The molecule has 1 heterocycles. The zero-order chi connectivity index (χ0) is 14.8. The van der Waals surface area contributed by atoms with E-state index < -0.39 is 51.0 Å². The molecule has 1 saturated heterocycles. The number of phosphoric acid groups is 1. The summed E-state index contributed by atoms with van der Waals surface area (Å²) in [5.74, 6) is -0.769. The predicted molar refractivity (Wildman–Crippen MR) is 55.6 cm³/mol. The number of aliphatic hydroxyl groups excluding tert-OH is 3. The van der Waals surface area contributed by atoms with Gasteiger partial charge < -0.3 is 34.9 Å². The molecule has 10 nitrogen and oxygen atoms in total. The summed E-state index contributed by atoms with van der Waals surface area (Å²) in [4.78, 5) is 22.6. The fourth-order valence-electron chi connectivity index (χ4n) is 1.63. The van der Waals surface area contributed by atoms with Crippen molar-refractivity contribution in [1.82, 2.24) is 0 Å². The van der Waals surface area contributed by atoms with Crippen LogP contribution in [0.4, 0.5) is 0 Å². The third-order valence-corrected chi connectivity index (χ3v) is 2.89. The van der Waals surface area contributed by atoms with Crippen LogP contribution in [0.1, 0.15) is 6.92 Å². The molecule has 3 unspecified atom stereocenters. The topological polar surface area (TPSA) is 175 Å². The van der Waals surface area contributed by atoms with Gasteiger partial charge in [0.25, 0.3) is 7.82 Å². The number of hydrogen-bond donors (Lipinski definition) is 4. The van der Waals surface area contributed by atoms with E-state index >= 15 is 0 Å². The monoisotopic (exact) mass is 345 g/mol. The SMILES string of the molecule is CC([O-])=NC1[C@@H](OP(=O)([O-])O)OC(CO)[C@H](O)[C@H]1O.[Na+].[Na+]. The second-order valence-electron chi connectivity index (χ2n) is 3.92. The molecule has 0 spiro atoms. The third-order valence-electron chi connectivity index (χ3n) is 2.42. The maximum Gasteiger partial charge on any atom is 1.00 e. The smallest absolute Gasteiger partial charge is 0.862 e. The van der Waals surface area contributed by atoms with Gasteiger partial charge in [0.15, 0.2) is 6.29 Å². The van der Waals surface area contributed by atoms with Gasteiger partial charge in [-0.25, -0.2) is 0 Å². The van der Waals surface area contributed by atoms with Crippen molar-refractivity contribution in [3.63, 3.8) is 0 Å². The third kappa shape index (κ3) is 7.69. The molecule has 112 valence electrons. The summed E-state index contributed by atoms with van der Waals surface area (Å²) < 4.78 is 19.7. The van der Waals surface area contributed by atoms with Crippen LogP contribution in [0.25, 0.3) is 0 Å². The van der Waals surface area contributed by atoms with Gasteiger partial charge in [0.05, 0.1) is 6.61 Å². The molecule has 0 bridgehead atoms. The minimum atomic E-state index is -5.22. The van der Waals surface area contributed by atoms with E-state index in [4.69, 9.17) is 14.7 Å². The zero-order valence-corrected chi connectivity index (χ0v) is 16.7. The number of phosphoric ester groups is 1. The molecule has 0 radical (unpaired) electrons. The molecule has 0 saturated carbocycles. The van der Waals surface area contributed by atoms with Gasteiger partial charge in [-0.05, 0) is 12.8 Å². The number of nitrogens with zero attached hydrogens (tertiary/aromatic N) is 1. The van der Waals surface area contributed by atoms with Crippen LogP contribution in [0.5, 0.6) is 0 Å². The molecular weight excluding hydrogens is 331 g/mol. The Kier molecular flexibility index (Phi) is 12.1. The number of aliphatic imine (C=N–C) groups is 1. The first-order chi connectivity index (χ1) is 8.65. The van der Waals surface area contributed by atoms with Gasteiger partial charge in [-0.3, -0.25) is 14.1 Å². The first-order valence-corrected chi connectivity index (χ1v) is 6.71. The van der Waals surface area contributed by atoms with Gasteiger partial charge in [-0.2, -0.15) is 0 Å². The fraction of sp³-hybridized carbons (Fsp3) is 0.875. The van der Waals surface area contributed by atoms with Crippen LogP contribution in [0.2, 0.25) is 0 Å². The Labute approximate surface area is 165 Å². The standard InChI is InChI=1S/C8H16NO9P.2Na/c1-3(11)9-5-7(13)6(12)4(2-10)17-8(5)18-19(14,15)16;;/h4-8,10,12-13H,2H2,1H3,(H,9,11)(H2,14,15,16);;/q;2*+1/p-2/t4?,5?,6-,7-,8+;;/m0../s1. The molecule has 6 atom stereocenters. The van der Waals surface area contributed by atoms with Crippen molar-refractivity contribution in [2.75, 3.05) is 6.61 Å². The first kappa shape index (κ1) is 24.7. The van der Waals surface area contributed by atoms with E-state index in [1.165, 1.54) is 0 Å². The number of hydrogen-bond acceptors (Lipinski definition) is 9. The van der Waals surface area contributed by atoms with Gasteiger partial charge in [-0.15, -0.1) is 0 Å². The average molecular weight is 345 g/mol. The Balaban J connectivity index is 0. The summed E-state index contributed by atoms with van der Waals surface area (Å²) in [7, 11) is -5.22. The van der Waals surface area contributed by atoms with Gasteiger partial charge in [0, 0.05) is 0 Å². The number of rotatable bonds is 4. The molecular formula is C8H14NNa2O9P. The zero-order valence-electron chi connectivity index (χ0n) is 11.8. The Morgan fingerprint density at radius 2 is 1.90 bits per heavy atom. The van der Waals surface area contributed by atoms with Crippen LogP contribution in [-0.2, 0) is 13.8 Å². The van der Waals surface area contributed by atoms with Crippen LogP contribution in [-0.4, -0.2) is 63.4 Å². The maximum absolute atomic E-state index is 10.9. The largest absolute Gasteiger partial charge is 1.00 e. The minimum absolute atomic E-state index is 0. The van der Waals surface area contributed by atoms with Gasteiger partial charge >= 0.3 is 59.1 Å². The molecule has 0 amide bonds. The van der Waals surface area contributed by atoms with Crippen molar-refractivity contribution < 1.29 is 103 Å². The average Bonchev–Trinajstić information content (AvgIpc) is 2.26. The molecule has 0 aliphatic carbocycles. The van der Waals surface area contributed by atoms with E-state index in [1.807, 2.05) is 0 Å². The summed E-state index contributed by atoms with van der Waals surface area (Å²) in [5, 5.41) is 39.1. The van der Waals surface area contributed by atoms with E-state index in [1.54, 1.807) is 0 Å². The van der Waals surface area contributed by atoms with E-state index in [0.29, 0.717) is 0 Å². The van der Waals surface area contributed by atoms with Crippen LogP contribution in [0, 0.1) is 0 Å². The van der Waals surface area contributed by atoms with Crippen molar-refractivity contribution in [2.45, 2.75) is 37.6 Å². The van der Waals surface area contributed by atoms with Crippen molar-refractivity contribution in [3.05, 3.63) is 0 Å². The van der Waals surface area contributed by atoms with Crippen LogP contribution >= 0.6 is 7.82 Å². The molecule has 21 heavy (non-hydrogen) atoms. The van der Waals surface area contributed by atoms with Crippen molar-refractivity contribution in [2.24, 2.45) is 4.99 Å². The van der Waals surface area contributed by atoms with Crippen molar-refractivity contribution >= 4 is 13.7 Å². The van der Waals surface area contributed by atoms with E-state index in [2.05, 4.69) is 9.52 Å². The molecule has 1 aliphatic heterocycles. The van der Waals surface area contributed by atoms with Crippen LogP contribution < -0.4 is 69.1 Å². The molecule has 13 heteroatoms.